The Morgan fingerprint density at radius 2 is 1.18 bits per heavy atom. The smallest absolute Gasteiger partial charge is 0.350 e. The number of carboxylic acid groups (broad SMARTS) is 1. The van der Waals surface area contributed by atoms with Gasteiger partial charge in [0, 0.05) is 55.7 Å². The van der Waals surface area contributed by atoms with Gasteiger partial charge < -0.3 is 49.6 Å². The van der Waals surface area contributed by atoms with Crippen molar-refractivity contribution >= 4 is 59.1 Å². The number of Topliss-reactive ketones (excluding diaryl/α,β-unsaturated/α-hetero) is 1. The molecule has 0 aromatic heterocycles. The molecule has 96 heavy (non-hydrogen) atoms. The largest absolute Gasteiger partial charge is 0.481 e. The molecule has 3 fully saturated rings. The number of esters is 5. The van der Waals surface area contributed by atoms with Gasteiger partial charge in [0.15, 0.2) is 11.9 Å². The zero-order valence-corrected chi connectivity index (χ0v) is 56.6. The lowest BCUT2D eigenvalue weighted by atomic mass is 9.41. The van der Waals surface area contributed by atoms with Gasteiger partial charge in [-0.05, 0) is 111 Å². The van der Waals surface area contributed by atoms with E-state index in [0.717, 1.165) is 51.0 Å². The van der Waals surface area contributed by atoms with Crippen molar-refractivity contribution in [1.29, 1.82) is 0 Å². The number of nitrogens with one attached hydrogen (secondary N) is 2. The van der Waals surface area contributed by atoms with Gasteiger partial charge in [-0.1, -0.05) is 183 Å². The highest BCUT2D eigenvalue weighted by Crippen LogP contribution is 2.67. The molecule has 4 aliphatic carbocycles. The number of aliphatic carboxylic acids is 1. The van der Waals surface area contributed by atoms with Gasteiger partial charge in [-0.25, -0.2) is 9.59 Å². The third-order valence-electron chi connectivity index (χ3n) is 20.7. The van der Waals surface area contributed by atoms with E-state index < -0.39 is 137 Å². The minimum atomic E-state index is -2.45. The number of carbonyl (C=O) groups is 9. The number of aryl methyl sites for hydroxylation is 1. The van der Waals surface area contributed by atoms with Crippen molar-refractivity contribution in [3.05, 3.63) is 149 Å². The molecule has 0 heterocycles. The lowest BCUT2D eigenvalue weighted by Gasteiger charge is -2.68. The summed E-state index contributed by atoms with van der Waals surface area (Å²) in [7, 11) is 0. The average Bonchev–Trinajstić information content (AvgIpc) is 0.670. The van der Waals surface area contributed by atoms with Crippen LogP contribution in [0.1, 0.15) is 227 Å². The van der Waals surface area contributed by atoms with E-state index in [1.807, 2.05) is 12.1 Å². The van der Waals surface area contributed by atoms with E-state index in [0.29, 0.717) is 17.7 Å². The molecule has 518 valence electrons. The van der Waals surface area contributed by atoms with Crippen LogP contribution in [0.5, 0.6) is 0 Å². The first-order valence-electron chi connectivity index (χ1n) is 34.6. The predicted octanol–water partition coefficient (Wildman–Crippen LogP) is 13.0. The number of ketones is 1. The number of ether oxygens (including phenoxy) is 5. The Hall–Kier alpha value is -8.03. The number of hydrogen-bond acceptors (Lipinski definition) is 16. The molecule has 0 aliphatic heterocycles. The van der Waals surface area contributed by atoms with Crippen LogP contribution in [0.4, 0.5) is 5.69 Å². The van der Waals surface area contributed by atoms with Crippen molar-refractivity contribution in [2.24, 2.45) is 22.7 Å². The van der Waals surface area contributed by atoms with Crippen molar-refractivity contribution in [3.8, 4) is 0 Å². The molecule has 4 aliphatic rings. The average molecular weight is 1320 g/mol. The molecule has 8 rings (SSSR count). The minimum Gasteiger partial charge on any atom is -0.481 e. The number of anilines is 1. The van der Waals surface area contributed by atoms with Gasteiger partial charge in [0.2, 0.25) is 12.0 Å². The summed E-state index contributed by atoms with van der Waals surface area (Å²) in [5.41, 5.74) is -5.57. The summed E-state index contributed by atoms with van der Waals surface area (Å²) in [6.07, 6.45) is 10.1. The quantitative estimate of drug-likeness (QED) is 0.0126. The van der Waals surface area contributed by atoms with Crippen molar-refractivity contribution in [3.63, 3.8) is 0 Å². The fourth-order valence-electron chi connectivity index (χ4n) is 15.3. The molecule has 2 amide bonds. The van der Waals surface area contributed by atoms with Crippen LogP contribution in [-0.4, -0.2) is 110 Å². The summed E-state index contributed by atoms with van der Waals surface area (Å²) in [6.45, 7) is 8.41. The SMILES string of the molecule is CC(=O)O[C@H]1C(=O)[C@@]2(C)[C@H]([C@H](OC(=O)c3ccccc3)[C@]3(O)C[C@H](OC(=O)[C@H](OC(=O)CCC(=O)Nc4ccc(CCCCCCCCCCCCCCCCCCC(=O)O)cc4)[C@@H](NC(=O)c4ccccc4)c4ccccc4)C(C)=C1C3(C)C)[C@]1(OC(C)=O)CC[C@@H]1C[C@@H]2O. The van der Waals surface area contributed by atoms with E-state index in [9.17, 15) is 43.8 Å². The van der Waals surface area contributed by atoms with Crippen LogP contribution in [0.2, 0.25) is 0 Å². The summed E-state index contributed by atoms with van der Waals surface area (Å²) < 4.78 is 31.5. The number of carboxylic acids is 1. The molecule has 0 unspecified atom stereocenters. The monoisotopic (exact) mass is 1320 g/mol. The summed E-state index contributed by atoms with van der Waals surface area (Å²) >= 11 is 0. The van der Waals surface area contributed by atoms with Crippen molar-refractivity contribution in [1.82, 2.24) is 5.32 Å². The van der Waals surface area contributed by atoms with Crippen LogP contribution < -0.4 is 10.6 Å². The van der Waals surface area contributed by atoms with Crippen LogP contribution in [0.3, 0.4) is 0 Å². The van der Waals surface area contributed by atoms with Crippen LogP contribution in [0.25, 0.3) is 0 Å². The molecule has 0 radical (unpaired) electrons. The number of unbranched alkanes of at least 4 members (excludes halogenated alkanes) is 15. The highest BCUT2D eigenvalue weighted by atomic mass is 16.6. The number of aliphatic hydroxyl groups excluding tert-OH is 1. The van der Waals surface area contributed by atoms with E-state index in [1.54, 1.807) is 105 Å². The highest BCUT2D eigenvalue weighted by molar-refractivity contribution is 5.97. The topological polar surface area (TPSA) is 285 Å². The molecule has 4 aromatic rings. The van der Waals surface area contributed by atoms with Crippen molar-refractivity contribution in [2.75, 3.05) is 5.32 Å². The number of amides is 2. The maximum absolute atomic E-state index is 16.0. The number of hydrogen-bond donors (Lipinski definition) is 5. The van der Waals surface area contributed by atoms with Gasteiger partial charge in [-0.15, -0.1) is 0 Å². The molecular formula is C77H98N2O17. The van der Waals surface area contributed by atoms with E-state index in [4.69, 9.17) is 28.8 Å². The number of fused-ring (bicyclic) bond motifs is 5. The fraction of sp³-hybridized carbons (Fsp3) is 0.545. The van der Waals surface area contributed by atoms with Crippen LogP contribution >= 0.6 is 0 Å². The zero-order chi connectivity index (χ0) is 69.2. The molecule has 5 N–H and O–H groups in total. The van der Waals surface area contributed by atoms with Crippen LogP contribution in [0.15, 0.2) is 126 Å². The van der Waals surface area contributed by atoms with Gasteiger partial charge in [0.25, 0.3) is 5.91 Å². The molecule has 19 heteroatoms. The molecular weight excluding hydrogens is 1220 g/mol. The van der Waals surface area contributed by atoms with E-state index in [-0.39, 0.29) is 48.0 Å². The van der Waals surface area contributed by atoms with Crippen molar-refractivity contribution in [2.45, 2.75) is 243 Å². The third-order valence-corrected chi connectivity index (χ3v) is 20.7. The first kappa shape index (κ1) is 73.8. The van der Waals surface area contributed by atoms with Crippen LogP contribution in [-0.2, 0) is 63.7 Å². The standard InChI is InChI=1S/C77H98N2O17/c1-50-59(49-77(91)70(95-72(89)56-37-29-23-30-38-56)68-75(6,60(82)48-57-46-47-76(57,68)96-52(3)81)69(87)66(92-51(2)80)64(50)74(77,4)5)93-73(90)67(65(54-33-25-21-26-34-54)79-71(88)55-35-27-22-28-36-55)94-63(86)45-44-61(83)78-58-42-40-53(41-43-58)32-24-19-17-15-13-11-9-7-8-10-12-14-16-18-20-31-39-62(84)85/h21-23,25-30,33-38,40-43,57,59-60,65-68,70,82,91H,7-20,24,31-32,39,44-49H2,1-6H3,(H,78,83)(H,79,88)(H,84,85)/t57-,59+,60+,65+,66-,67-,68+,70+,75-,76+,77-/m1/s1. The molecule has 11 atom stereocenters. The van der Waals surface area contributed by atoms with Crippen molar-refractivity contribution < 1.29 is 82.2 Å². The summed E-state index contributed by atoms with van der Waals surface area (Å²) in [5, 5.41) is 41.0. The Labute approximate surface area is 564 Å². The molecule has 0 saturated heterocycles. The van der Waals surface area contributed by atoms with Gasteiger partial charge in [0.05, 0.1) is 29.4 Å². The zero-order valence-electron chi connectivity index (χ0n) is 56.6. The predicted molar refractivity (Wildman–Crippen MR) is 359 cm³/mol. The Kier molecular flexibility index (Phi) is 25.9. The third kappa shape index (κ3) is 17.8. The van der Waals surface area contributed by atoms with E-state index in [1.165, 1.54) is 104 Å². The highest BCUT2D eigenvalue weighted by Gasteiger charge is 2.77. The Morgan fingerprint density at radius 1 is 0.635 bits per heavy atom. The first-order valence-corrected chi connectivity index (χ1v) is 34.6. The molecule has 3 saturated carbocycles. The Bertz CT molecular complexity index is 3370. The molecule has 2 bridgehead atoms. The number of aliphatic hydroxyl groups is 2. The normalized spacial score (nSPS) is 24.6. The first-order chi connectivity index (χ1) is 45.9. The number of benzene rings is 4. The molecule has 0 spiro atoms. The lowest BCUT2D eigenvalue weighted by molar-refractivity contribution is -0.296. The number of carbonyl (C=O) groups excluding carboxylic acids is 8. The summed E-state index contributed by atoms with van der Waals surface area (Å²) in [5.74, 6) is -9.68. The Morgan fingerprint density at radius 3 is 1.71 bits per heavy atom. The van der Waals surface area contributed by atoms with Gasteiger partial charge >= 0.3 is 35.8 Å². The fourth-order valence-corrected chi connectivity index (χ4v) is 15.3. The summed E-state index contributed by atoms with van der Waals surface area (Å²) in [6, 6.07) is 30.3. The van der Waals surface area contributed by atoms with Gasteiger partial charge in [-0.2, -0.15) is 0 Å². The summed E-state index contributed by atoms with van der Waals surface area (Å²) in [4.78, 5) is 126. The minimum absolute atomic E-state index is 0.0336. The Balaban J connectivity index is 0.985. The molecule has 19 nitrogen and oxygen atoms in total. The van der Waals surface area contributed by atoms with Crippen LogP contribution in [0, 0.1) is 22.7 Å². The lowest BCUT2D eigenvalue weighted by Crippen LogP contribution is -2.78. The second-order valence-electron chi connectivity index (χ2n) is 27.6. The van der Waals surface area contributed by atoms with E-state index >= 15 is 9.59 Å². The number of rotatable bonds is 34. The van der Waals surface area contributed by atoms with E-state index in [2.05, 4.69) is 10.6 Å². The second-order valence-corrected chi connectivity index (χ2v) is 27.6. The second kappa shape index (κ2) is 33.8. The maximum atomic E-state index is 16.0. The maximum Gasteiger partial charge on any atom is 0.350 e. The van der Waals surface area contributed by atoms with Gasteiger partial charge in [0.1, 0.15) is 29.5 Å². The molecule has 4 aromatic carbocycles. The van der Waals surface area contributed by atoms with Gasteiger partial charge in [-0.3, -0.25) is 33.6 Å².